The molecule has 0 bridgehead atoms. The topological polar surface area (TPSA) is 76.7 Å². The lowest BCUT2D eigenvalue weighted by atomic mass is 9.98. The van der Waals surface area contributed by atoms with Gasteiger partial charge in [-0.05, 0) is 65.2 Å². The highest BCUT2D eigenvalue weighted by Gasteiger charge is 2.26. The second-order valence-corrected chi connectivity index (χ2v) is 9.35. The molecular weight excluding hydrogens is 368 g/mol. The summed E-state index contributed by atoms with van der Waals surface area (Å²) in [5.41, 5.74) is 0. The smallest absolute Gasteiger partial charge is 0.323 e. The Morgan fingerprint density at radius 3 is 2.03 bits per heavy atom. The summed E-state index contributed by atoms with van der Waals surface area (Å²) in [5, 5.41) is 6.60. The fourth-order valence-corrected chi connectivity index (χ4v) is 3.73. The predicted molar refractivity (Wildman–Crippen MR) is 117 cm³/mol. The van der Waals surface area contributed by atoms with Gasteiger partial charge in [0.15, 0.2) is 0 Å². The van der Waals surface area contributed by atoms with Crippen molar-refractivity contribution in [3.05, 3.63) is 0 Å². The Morgan fingerprint density at radius 1 is 0.862 bits per heavy atom. The Bertz CT molecular complexity index is 489. The Labute approximate surface area is 177 Å². The number of carbonyl (C=O) groups is 2. The maximum Gasteiger partial charge on any atom is 0.323 e. The van der Waals surface area contributed by atoms with Gasteiger partial charge >= 0.3 is 11.9 Å². The minimum Gasteiger partial charge on any atom is -0.462 e. The Balaban J connectivity index is 2.33. The van der Waals surface area contributed by atoms with E-state index in [2.05, 4.69) is 17.6 Å². The average Bonchev–Trinajstić information content (AvgIpc) is 2.64. The van der Waals surface area contributed by atoms with Crippen LogP contribution >= 0.6 is 0 Å². The van der Waals surface area contributed by atoms with Gasteiger partial charge in [0, 0.05) is 12.1 Å². The van der Waals surface area contributed by atoms with Crippen molar-refractivity contribution in [2.24, 2.45) is 5.92 Å². The third-order valence-electron chi connectivity index (χ3n) is 5.48. The van der Waals surface area contributed by atoms with E-state index >= 15 is 0 Å². The molecule has 3 unspecified atom stereocenters. The van der Waals surface area contributed by atoms with Gasteiger partial charge in [-0.15, -0.1) is 0 Å². The highest BCUT2D eigenvalue weighted by Crippen LogP contribution is 2.20. The van der Waals surface area contributed by atoms with Crippen molar-refractivity contribution in [2.75, 3.05) is 0 Å². The molecule has 0 aliphatic heterocycles. The van der Waals surface area contributed by atoms with Crippen LogP contribution in [0.15, 0.2) is 0 Å². The minimum absolute atomic E-state index is 0.0867. The average molecular weight is 413 g/mol. The van der Waals surface area contributed by atoms with Gasteiger partial charge in [0.2, 0.25) is 0 Å². The molecule has 0 aromatic carbocycles. The molecule has 170 valence electrons. The lowest BCUT2D eigenvalue weighted by molar-refractivity contribution is -0.153. The zero-order valence-electron chi connectivity index (χ0n) is 19.6. The summed E-state index contributed by atoms with van der Waals surface area (Å²) >= 11 is 0. The molecule has 0 saturated heterocycles. The van der Waals surface area contributed by atoms with E-state index in [4.69, 9.17) is 9.47 Å². The molecule has 0 radical (unpaired) electrons. The molecule has 0 amide bonds. The molecule has 2 N–H and O–H groups in total. The molecule has 0 aromatic rings. The zero-order valence-corrected chi connectivity index (χ0v) is 19.6. The quantitative estimate of drug-likeness (QED) is 0.473. The van der Waals surface area contributed by atoms with Gasteiger partial charge in [-0.2, -0.15) is 0 Å². The summed E-state index contributed by atoms with van der Waals surface area (Å²) in [6.45, 7) is 13.9. The molecule has 6 nitrogen and oxygen atoms in total. The van der Waals surface area contributed by atoms with Gasteiger partial charge in [0.1, 0.15) is 18.2 Å². The first-order valence-electron chi connectivity index (χ1n) is 11.5. The molecule has 1 aliphatic carbocycles. The van der Waals surface area contributed by atoms with Crippen molar-refractivity contribution in [3.63, 3.8) is 0 Å². The van der Waals surface area contributed by atoms with Crippen LogP contribution in [0.1, 0.15) is 93.4 Å². The monoisotopic (exact) mass is 412 g/mol. The van der Waals surface area contributed by atoms with Crippen molar-refractivity contribution in [2.45, 2.75) is 130 Å². The molecule has 1 saturated carbocycles. The van der Waals surface area contributed by atoms with E-state index in [1.54, 1.807) is 0 Å². The van der Waals surface area contributed by atoms with Crippen LogP contribution in [0.2, 0.25) is 0 Å². The van der Waals surface area contributed by atoms with E-state index in [-0.39, 0.29) is 54.2 Å². The standard InChI is InChI=1S/C23H44N2O4/c1-15(2)21(24-16(3)4)23(27)28-18(6)14-13-17(5)25-19(7)22(26)29-20-11-9-8-10-12-20/h15-21,24-25H,8-14H2,1-7H3/t17?,18?,19-,21?/m0/s1. The summed E-state index contributed by atoms with van der Waals surface area (Å²) < 4.78 is 11.3. The van der Waals surface area contributed by atoms with Crippen molar-refractivity contribution >= 4 is 11.9 Å². The number of carbonyl (C=O) groups excluding carboxylic acids is 2. The number of rotatable bonds is 12. The van der Waals surface area contributed by atoms with Gasteiger partial charge in [0.25, 0.3) is 0 Å². The Hall–Kier alpha value is -1.14. The van der Waals surface area contributed by atoms with E-state index < -0.39 is 0 Å². The molecule has 0 aromatic heterocycles. The molecule has 1 fully saturated rings. The van der Waals surface area contributed by atoms with E-state index in [1.807, 2.05) is 41.5 Å². The van der Waals surface area contributed by atoms with Gasteiger partial charge in [-0.25, -0.2) is 0 Å². The van der Waals surface area contributed by atoms with Crippen LogP contribution in [-0.2, 0) is 19.1 Å². The van der Waals surface area contributed by atoms with E-state index in [0.29, 0.717) is 0 Å². The molecule has 0 heterocycles. The second kappa shape index (κ2) is 13.2. The minimum atomic E-state index is -0.328. The fraction of sp³-hybridized carbons (Fsp3) is 0.913. The van der Waals surface area contributed by atoms with Crippen LogP contribution in [-0.4, -0.2) is 48.3 Å². The van der Waals surface area contributed by atoms with Crippen LogP contribution in [0, 0.1) is 5.92 Å². The molecular formula is C23H44N2O4. The summed E-state index contributed by atoms with van der Waals surface area (Å²) in [7, 11) is 0. The maximum atomic E-state index is 12.5. The van der Waals surface area contributed by atoms with Crippen LogP contribution in [0.4, 0.5) is 0 Å². The zero-order chi connectivity index (χ0) is 22.0. The van der Waals surface area contributed by atoms with Crippen LogP contribution in [0.25, 0.3) is 0 Å². The third-order valence-corrected chi connectivity index (χ3v) is 5.48. The van der Waals surface area contributed by atoms with E-state index in [9.17, 15) is 9.59 Å². The third kappa shape index (κ3) is 10.4. The van der Waals surface area contributed by atoms with Gasteiger partial charge < -0.3 is 20.1 Å². The normalized spacial score (nSPS) is 19.6. The molecule has 6 heteroatoms. The number of hydrogen-bond donors (Lipinski definition) is 2. The number of ether oxygens (including phenoxy) is 2. The molecule has 0 spiro atoms. The lowest BCUT2D eigenvalue weighted by Gasteiger charge is -2.26. The first-order chi connectivity index (χ1) is 13.6. The highest BCUT2D eigenvalue weighted by molar-refractivity contribution is 5.76. The number of hydrogen-bond acceptors (Lipinski definition) is 6. The van der Waals surface area contributed by atoms with Crippen LogP contribution in [0.3, 0.4) is 0 Å². The summed E-state index contributed by atoms with van der Waals surface area (Å²) in [5.74, 6) is -0.178. The molecule has 1 rings (SSSR count). The van der Waals surface area contributed by atoms with Crippen molar-refractivity contribution in [1.29, 1.82) is 0 Å². The summed E-state index contributed by atoms with van der Waals surface area (Å²) in [6, 6.07) is -0.253. The summed E-state index contributed by atoms with van der Waals surface area (Å²) in [6.07, 6.45) is 7.01. The first-order valence-corrected chi connectivity index (χ1v) is 11.5. The maximum absolute atomic E-state index is 12.5. The number of esters is 2. The van der Waals surface area contributed by atoms with E-state index in [0.717, 1.165) is 38.5 Å². The van der Waals surface area contributed by atoms with Gasteiger partial charge in [-0.3, -0.25) is 9.59 Å². The van der Waals surface area contributed by atoms with E-state index in [1.165, 1.54) is 6.42 Å². The van der Waals surface area contributed by atoms with Gasteiger partial charge in [-0.1, -0.05) is 34.1 Å². The lowest BCUT2D eigenvalue weighted by Crippen LogP contribution is -2.46. The molecule has 4 atom stereocenters. The van der Waals surface area contributed by atoms with Crippen LogP contribution in [0.5, 0.6) is 0 Å². The molecule has 1 aliphatic rings. The SMILES string of the molecule is CC(C)NC(C(=O)OC(C)CCC(C)N[C@@H](C)C(=O)OC1CCCCC1)C(C)C. The predicted octanol–water partition coefficient (Wildman–Crippen LogP) is 3.96. The second-order valence-electron chi connectivity index (χ2n) is 9.35. The van der Waals surface area contributed by atoms with Crippen molar-refractivity contribution in [1.82, 2.24) is 10.6 Å². The fourth-order valence-electron chi connectivity index (χ4n) is 3.73. The molecule has 29 heavy (non-hydrogen) atoms. The number of nitrogens with one attached hydrogen (secondary N) is 2. The summed E-state index contributed by atoms with van der Waals surface area (Å²) in [4.78, 5) is 24.8. The van der Waals surface area contributed by atoms with Gasteiger partial charge in [0.05, 0.1) is 6.10 Å². The largest absolute Gasteiger partial charge is 0.462 e. The highest BCUT2D eigenvalue weighted by atomic mass is 16.5. The Morgan fingerprint density at radius 2 is 1.48 bits per heavy atom. The van der Waals surface area contributed by atoms with Crippen molar-refractivity contribution < 1.29 is 19.1 Å². The van der Waals surface area contributed by atoms with Crippen LogP contribution < -0.4 is 10.6 Å². The van der Waals surface area contributed by atoms with Crippen molar-refractivity contribution in [3.8, 4) is 0 Å². The Kier molecular flexibility index (Phi) is 11.8. The first kappa shape index (κ1) is 25.9.